The summed E-state index contributed by atoms with van der Waals surface area (Å²) in [4.78, 5) is 14.2. The highest BCUT2D eigenvalue weighted by Gasteiger charge is 2.35. The molecule has 2 N–H and O–H groups in total. The fourth-order valence-electron chi connectivity index (χ4n) is 3.44. The van der Waals surface area contributed by atoms with E-state index in [1.165, 1.54) is 6.07 Å². The third kappa shape index (κ3) is 3.56. The van der Waals surface area contributed by atoms with Crippen LogP contribution in [0.25, 0.3) is 0 Å². The van der Waals surface area contributed by atoms with Crippen molar-refractivity contribution in [2.75, 3.05) is 6.54 Å². The molecule has 3 rings (SSSR count). The molecule has 1 aromatic carbocycles. The Kier molecular flexibility index (Phi) is 4.85. The molecule has 5 nitrogen and oxygen atoms in total. The quantitative estimate of drug-likeness (QED) is 0.891. The Labute approximate surface area is 144 Å². The molecule has 1 aliphatic heterocycles. The second kappa shape index (κ2) is 6.92. The Morgan fingerprint density at radius 1 is 1.36 bits per heavy atom. The lowest BCUT2D eigenvalue weighted by Gasteiger charge is -2.25. The molecule has 25 heavy (non-hydrogen) atoms. The lowest BCUT2D eigenvalue weighted by atomic mass is 10.0. The number of halogens is 2. The summed E-state index contributed by atoms with van der Waals surface area (Å²) in [7, 11) is 0. The van der Waals surface area contributed by atoms with Crippen LogP contribution < -0.4 is 0 Å². The maximum Gasteiger partial charge on any atom is 0.223 e. The van der Waals surface area contributed by atoms with E-state index in [0.717, 1.165) is 29.1 Å². The fourth-order valence-corrected chi connectivity index (χ4v) is 3.44. The Balaban J connectivity index is 1.74. The summed E-state index contributed by atoms with van der Waals surface area (Å²) >= 11 is 0. The summed E-state index contributed by atoms with van der Waals surface area (Å²) in [5.74, 6) is -1.99. The van der Waals surface area contributed by atoms with Crippen LogP contribution in [0.1, 0.15) is 41.4 Å². The minimum absolute atomic E-state index is 0.119. The van der Waals surface area contributed by atoms with Gasteiger partial charge in [0.1, 0.15) is 0 Å². The second-order valence-electron chi connectivity index (χ2n) is 6.54. The third-order valence-electron chi connectivity index (χ3n) is 4.80. The van der Waals surface area contributed by atoms with Crippen LogP contribution in [0.5, 0.6) is 0 Å². The lowest BCUT2D eigenvalue weighted by Crippen LogP contribution is -2.32. The van der Waals surface area contributed by atoms with Gasteiger partial charge in [-0.15, -0.1) is 0 Å². The molecule has 0 bridgehead atoms. The number of rotatable bonds is 4. The highest BCUT2D eigenvalue weighted by atomic mass is 19.2. The topological polar surface area (TPSA) is 69.2 Å². The van der Waals surface area contributed by atoms with E-state index in [1.54, 1.807) is 4.90 Å². The van der Waals surface area contributed by atoms with E-state index in [4.69, 9.17) is 0 Å². The molecular weight excluding hydrogens is 328 g/mol. The number of aliphatic hydroxyl groups excluding tert-OH is 1. The van der Waals surface area contributed by atoms with Crippen molar-refractivity contribution < 1.29 is 18.7 Å². The number of hydrogen-bond donors (Lipinski definition) is 2. The number of carbonyl (C=O) groups is 1. The van der Waals surface area contributed by atoms with Crippen molar-refractivity contribution in [3.8, 4) is 0 Å². The molecule has 2 heterocycles. The first-order valence-electron chi connectivity index (χ1n) is 8.29. The fraction of sp³-hybridized carbons (Fsp3) is 0.444. The van der Waals surface area contributed by atoms with Gasteiger partial charge < -0.3 is 10.0 Å². The molecule has 2 atom stereocenters. The van der Waals surface area contributed by atoms with Gasteiger partial charge in [-0.25, -0.2) is 8.78 Å². The number of β-amino-alcohol motifs (C(OH)–C–C–N with tert-alkyl or cyclic N) is 1. The third-order valence-corrected chi connectivity index (χ3v) is 4.80. The Morgan fingerprint density at radius 2 is 2.12 bits per heavy atom. The molecule has 0 saturated carbocycles. The van der Waals surface area contributed by atoms with E-state index in [1.807, 2.05) is 13.8 Å². The first-order chi connectivity index (χ1) is 11.9. The molecule has 1 aliphatic rings. The Hall–Kier alpha value is -2.28. The second-order valence-corrected chi connectivity index (χ2v) is 6.54. The van der Waals surface area contributed by atoms with Gasteiger partial charge in [0.2, 0.25) is 5.91 Å². The molecule has 7 heteroatoms. The molecule has 0 spiro atoms. The highest BCUT2D eigenvalue weighted by Crippen LogP contribution is 2.33. The minimum atomic E-state index is -0.948. The van der Waals surface area contributed by atoms with Crippen molar-refractivity contribution >= 4 is 5.91 Å². The summed E-state index contributed by atoms with van der Waals surface area (Å²) in [5, 5.41) is 17.0. The van der Waals surface area contributed by atoms with Crippen LogP contribution in [0, 0.1) is 25.5 Å². The summed E-state index contributed by atoms with van der Waals surface area (Å²) in [6, 6.07) is 3.18. The highest BCUT2D eigenvalue weighted by molar-refractivity contribution is 5.77. The zero-order valence-electron chi connectivity index (χ0n) is 14.2. The predicted octanol–water partition coefficient (Wildman–Crippen LogP) is 2.57. The van der Waals surface area contributed by atoms with Gasteiger partial charge in [0.25, 0.3) is 0 Å². The van der Waals surface area contributed by atoms with E-state index < -0.39 is 23.8 Å². The molecule has 2 aromatic rings. The van der Waals surface area contributed by atoms with Crippen molar-refractivity contribution in [2.24, 2.45) is 0 Å². The maximum absolute atomic E-state index is 13.5. The van der Waals surface area contributed by atoms with E-state index in [0.29, 0.717) is 18.4 Å². The summed E-state index contributed by atoms with van der Waals surface area (Å²) in [5.41, 5.74) is 3.31. The number of aromatic nitrogens is 2. The van der Waals surface area contributed by atoms with Crippen LogP contribution in [-0.2, 0) is 11.2 Å². The van der Waals surface area contributed by atoms with Crippen LogP contribution >= 0.6 is 0 Å². The molecule has 0 aliphatic carbocycles. The summed E-state index contributed by atoms with van der Waals surface area (Å²) < 4.78 is 26.7. The van der Waals surface area contributed by atoms with E-state index in [-0.39, 0.29) is 18.9 Å². The summed E-state index contributed by atoms with van der Waals surface area (Å²) in [6.07, 6.45) is 0.471. The average Bonchev–Trinajstić information content (AvgIpc) is 3.11. The largest absolute Gasteiger partial charge is 0.391 e. The van der Waals surface area contributed by atoms with E-state index in [9.17, 15) is 18.7 Å². The number of benzene rings is 1. The zero-order chi connectivity index (χ0) is 18.1. The molecular formula is C18H21F2N3O2. The van der Waals surface area contributed by atoms with Gasteiger partial charge in [-0.2, -0.15) is 5.10 Å². The van der Waals surface area contributed by atoms with Crippen LogP contribution in [0.3, 0.4) is 0 Å². The van der Waals surface area contributed by atoms with Gasteiger partial charge in [-0.3, -0.25) is 9.89 Å². The van der Waals surface area contributed by atoms with Crippen LogP contribution in [0.2, 0.25) is 0 Å². The molecule has 1 amide bonds. The first kappa shape index (κ1) is 17.5. The molecule has 0 unspecified atom stereocenters. The van der Waals surface area contributed by atoms with Gasteiger partial charge in [-0.1, -0.05) is 6.07 Å². The number of amides is 1. The summed E-state index contributed by atoms with van der Waals surface area (Å²) in [6.45, 7) is 3.99. The SMILES string of the molecule is Cc1n[nH]c(C)c1CCC(=O)N1C[C@H](O)C[C@H]1c1ccc(F)c(F)c1. The van der Waals surface area contributed by atoms with Crippen LogP contribution in [0.15, 0.2) is 18.2 Å². The number of aliphatic hydroxyl groups is 1. The van der Waals surface area contributed by atoms with Crippen LogP contribution in [0.4, 0.5) is 8.78 Å². The number of aryl methyl sites for hydroxylation is 2. The Morgan fingerprint density at radius 3 is 2.76 bits per heavy atom. The number of hydrogen-bond acceptors (Lipinski definition) is 3. The molecule has 1 aromatic heterocycles. The number of nitrogens with one attached hydrogen (secondary N) is 1. The van der Waals surface area contributed by atoms with Gasteiger partial charge in [0.05, 0.1) is 17.8 Å². The molecule has 134 valence electrons. The van der Waals surface area contributed by atoms with Gasteiger partial charge in [-0.05, 0) is 49.9 Å². The standard InChI is InChI=1S/C18H21F2N3O2/c1-10-14(11(2)22-21-10)4-6-18(25)23-9-13(24)8-17(23)12-3-5-15(19)16(20)7-12/h3,5,7,13,17,24H,4,6,8-9H2,1-2H3,(H,21,22)/t13-,17+/m1/s1. The van der Waals surface area contributed by atoms with Crippen molar-refractivity contribution in [3.05, 3.63) is 52.3 Å². The molecule has 0 radical (unpaired) electrons. The maximum atomic E-state index is 13.5. The van der Waals surface area contributed by atoms with Crippen molar-refractivity contribution in [1.29, 1.82) is 0 Å². The Bertz CT molecular complexity index is 771. The number of aromatic amines is 1. The first-order valence-corrected chi connectivity index (χ1v) is 8.29. The monoisotopic (exact) mass is 349 g/mol. The number of H-pyrrole nitrogens is 1. The molecule has 1 saturated heterocycles. The van der Waals surface area contributed by atoms with Crippen molar-refractivity contribution in [1.82, 2.24) is 15.1 Å². The van der Waals surface area contributed by atoms with E-state index in [2.05, 4.69) is 10.2 Å². The minimum Gasteiger partial charge on any atom is -0.391 e. The molecule has 1 fully saturated rings. The number of likely N-dealkylation sites (tertiary alicyclic amines) is 1. The number of nitrogens with zero attached hydrogens (tertiary/aromatic N) is 2. The smallest absolute Gasteiger partial charge is 0.223 e. The van der Waals surface area contributed by atoms with Crippen molar-refractivity contribution in [2.45, 2.75) is 45.3 Å². The van der Waals surface area contributed by atoms with Gasteiger partial charge in [0.15, 0.2) is 11.6 Å². The van der Waals surface area contributed by atoms with Gasteiger partial charge >= 0.3 is 0 Å². The predicted molar refractivity (Wildman–Crippen MR) is 87.8 cm³/mol. The van der Waals surface area contributed by atoms with Gasteiger partial charge in [0, 0.05) is 18.7 Å². The lowest BCUT2D eigenvalue weighted by molar-refractivity contribution is -0.132. The zero-order valence-corrected chi connectivity index (χ0v) is 14.2. The number of carbonyl (C=O) groups excluding carboxylic acids is 1. The normalized spacial score (nSPS) is 20.3. The van der Waals surface area contributed by atoms with Crippen molar-refractivity contribution in [3.63, 3.8) is 0 Å². The van der Waals surface area contributed by atoms with Crippen LogP contribution in [-0.4, -0.2) is 38.8 Å². The average molecular weight is 349 g/mol. The van der Waals surface area contributed by atoms with E-state index >= 15 is 0 Å².